The molecule has 0 aliphatic heterocycles. The van der Waals surface area contributed by atoms with E-state index in [1.807, 2.05) is 0 Å². The molecule has 1 heterocycles. The molecule has 0 aliphatic carbocycles. The number of hydrogen-bond donors (Lipinski definition) is 4. The third kappa shape index (κ3) is 6.16. The van der Waals surface area contributed by atoms with Crippen LogP contribution in [0.5, 0.6) is 0 Å². The van der Waals surface area contributed by atoms with Gasteiger partial charge in [0.25, 0.3) is 0 Å². The lowest BCUT2D eigenvalue weighted by Crippen LogP contribution is -2.23. The smallest absolute Gasteiger partial charge is 0.230 e. The second-order valence-electron chi connectivity index (χ2n) is 5.44. The zero-order valence-corrected chi connectivity index (χ0v) is 15.3. The molecule has 28 heavy (non-hydrogen) atoms. The van der Waals surface area contributed by atoms with Crippen molar-refractivity contribution in [1.82, 2.24) is 10.3 Å². The van der Waals surface area contributed by atoms with E-state index in [0.29, 0.717) is 11.3 Å². The molecular formula is C21H24N4O2S. The molecule has 0 saturated heterocycles. The minimum absolute atomic E-state index is 0.0120. The first-order chi connectivity index (χ1) is 18.5. The fourth-order valence-electron chi connectivity index (χ4n) is 2.07. The lowest BCUT2D eigenvalue weighted by atomic mass is 10.1. The first kappa shape index (κ1) is 9.65. The summed E-state index contributed by atoms with van der Waals surface area (Å²) in [5.74, 6) is -1.36. The van der Waals surface area contributed by atoms with Crippen molar-refractivity contribution < 1.29 is 26.4 Å². The molecule has 3 aromatic rings. The molecule has 0 radical (unpaired) electrons. The van der Waals surface area contributed by atoms with Gasteiger partial charge in [-0.15, -0.1) is 11.3 Å². The predicted molar refractivity (Wildman–Crippen MR) is 113 cm³/mol. The van der Waals surface area contributed by atoms with Crippen LogP contribution in [0.4, 0.5) is 10.8 Å². The number of thiazole rings is 1. The minimum Gasteiger partial charge on any atom is -0.387 e. The zero-order chi connectivity index (χ0) is 30.3. The number of rotatable bonds is 9. The van der Waals surface area contributed by atoms with Gasteiger partial charge in [0.05, 0.1) is 31.9 Å². The van der Waals surface area contributed by atoms with Crippen LogP contribution in [0.2, 0.25) is 0 Å². The summed E-state index contributed by atoms with van der Waals surface area (Å²) in [6.07, 6.45) is -4.39. The maximum Gasteiger partial charge on any atom is 0.230 e. The van der Waals surface area contributed by atoms with Crippen LogP contribution in [0.3, 0.4) is 0 Å². The van der Waals surface area contributed by atoms with E-state index in [1.165, 1.54) is 0 Å². The molecule has 1 atom stereocenters. The van der Waals surface area contributed by atoms with Gasteiger partial charge in [-0.2, -0.15) is 0 Å². The van der Waals surface area contributed by atoms with Gasteiger partial charge in [0.2, 0.25) is 5.91 Å². The molecule has 146 valence electrons. The van der Waals surface area contributed by atoms with Crippen LogP contribution >= 0.6 is 11.3 Å². The van der Waals surface area contributed by atoms with E-state index in [1.54, 1.807) is 0 Å². The predicted octanol–water partition coefficient (Wildman–Crippen LogP) is 2.77. The molecule has 3 rings (SSSR count). The Morgan fingerprint density at radius 3 is 2.68 bits per heavy atom. The molecule has 0 unspecified atom stereocenters. The molecule has 2 aromatic carbocycles. The van der Waals surface area contributed by atoms with Crippen molar-refractivity contribution >= 4 is 28.1 Å². The lowest BCUT2D eigenvalue weighted by molar-refractivity contribution is -0.115. The number of aliphatic hydroxyl groups excluding tert-OH is 1. The van der Waals surface area contributed by atoms with Gasteiger partial charge in [-0.3, -0.25) is 4.79 Å². The van der Waals surface area contributed by atoms with Crippen molar-refractivity contribution in [2.75, 3.05) is 24.1 Å². The number of nitrogen functional groups attached to an aromatic ring is 1. The monoisotopic (exact) mass is 408 g/mol. The van der Waals surface area contributed by atoms with E-state index in [9.17, 15) is 9.90 Å². The highest BCUT2D eigenvalue weighted by Gasteiger charge is 2.08. The average molecular weight is 409 g/mol. The van der Waals surface area contributed by atoms with Gasteiger partial charge >= 0.3 is 0 Å². The van der Waals surface area contributed by atoms with Gasteiger partial charge < -0.3 is 21.5 Å². The molecule has 6 nitrogen and oxygen atoms in total. The summed E-state index contributed by atoms with van der Waals surface area (Å²) in [6.45, 7) is -0.226. The molecule has 1 amide bonds. The number of hydrogen-bond acceptors (Lipinski definition) is 6. The van der Waals surface area contributed by atoms with E-state index in [0.717, 1.165) is 0 Å². The van der Waals surface area contributed by atoms with E-state index >= 15 is 0 Å². The minimum atomic E-state index is -2.85. The Labute approximate surface area is 185 Å². The van der Waals surface area contributed by atoms with Gasteiger partial charge in [0.1, 0.15) is 0 Å². The van der Waals surface area contributed by atoms with Gasteiger partial charge in [-0.25, -0.2) is 4.98 Å². The lowest BCUT2D eigenvalue weighted by Gasteiger charge is -2.12. The van der Waals surface area contributed by atoms with Crippen LogP contribution in [-0.4, -0.2) is 29.1 Å². The Kier molecular flexibility index (Phi) is 3.44. The standard InChI is InChI=1S/C21H24N4O2S/c22-21-25-18(14-28-21)12-20(27)24-17-8-6-15(7-9-17)10-11-23-13-19(26)16-4-2-1-3-5-16/h1-9,14,19,23,26H,10-13H2,(H2,22,25)(H,24,27)/t19-/m1/s1/i1D,2D,3D,4D,5D,6D,7D,8D,9D,12D2,14D. The second-order valence-corrected chi connectivity index (χ2v) is 6.27. The maximum absolute atomic E-state index is 12.7. The number of amides is 1. The number of carbonyl (C=O) groups is 1. The summed E-state index contributed by atoms with van der Waals surface area (Å²) in [4.78, 5) is 16.3. The molecule has 1 aromatic heterocycles. The first-order valence-corrected chi connectivity index (χ1v) is 8.93. The number of aliphatic hydroxyl groups is 1. The number of benzene rings is 2. The number of nitrogens with zero attached hydrogens (tertiary/aromatic N) is 1. The highest BCUT2D eigenvalue weighted by atomic mass is 32.1. The van der Waals surface area contributed by atoms with Gasteiger partial charge in [-0.1, -0.05) is 42.3 Å². The van der Waals surface area contributed by atoms with Crippen LogP contribution in [0.15, 0.2) is 59.7 Å². The first-order valence-electron chi connectivity index (χ1n) is 14.1. The third-order valence-electron chi connectivity index (χ3n) is 3.36. The molecule has 0 bridgehead atoms. The quantitative estimate of drug-likeness (QED) is 0.408. The van der Waals surface area contributed by atoms with Crippen molar-refractivity contribution in [1.29, 1.82) is 0 Å². The zero-order valence-electron chi connectivity index (χ0n) is 26.5. The Morgan fingerprint density at radius 2 is 2.00 bits per heavy atom. The molecule has 0 spiro atoms. The molecular weight excluding hydrogens is 372 g/mol. The average Bonchev–Trinajstić information content (AvgIpc) is 3.25. The largest absolute Gasteiger partial charge is 0.387 e. The fraction of sp³-hybridized carbons (Fsp3) is 0.238. The van der Waals surface area contributed by atoms with E-state index in [-0.39, 0.29) is 41.1 Å². The van der Waals surface area contributed by atoms with E-state index in [4.69, 9.17) is 22.2 Å². The number of aromatic nitrogens is 1. The van der Waals surface area contributed by atoms with Crippen molar-refractivity contribution in [2.45, 2.75) is 18.9 Å². The molecule has 0 saturated carbocycles. The number of carbonyl (C=O) groups excluding carboxylic acids is 1. The van der Waals surface area contributed by atoms with Crippen LogP contribution in [-0.2, 0) is 17.6 Å². The normalized spacial score (nSPS) is 18.5. The van der Waals surface area contributed by atoms with Crippen LogP contribution in [0, 0.1) is 0 Å². The Hall–Kier alpha value is -2.74. The summed E-state index contributed by atoms with van der Waals surface area (Å²) < 4.78 is 95.8. The fourth-order valence-corrected chi connectivity index (χ4v) is 2.50. The topological polar surface area (TPSA) is 100 Å². The Morgan fingerprint density at radius 1 is 1.25 bits per heavy atom. The summed E-state index contributed by atoms with van der Waals surface area (Å²) in [5, 5.41) is 14.8. The van der Waals surface area contributed by atoms with Crippen LogP contribution in [0.1, 0.15) is 39.4 Å². The summed E-state index contributed by atoms with van der Waals surface area (Å²) in [7, 11) is 0. The molecule has 5 N–H and O–H groups in total. The van der Waals surface area contributed by atoms with E-state index < -0.39 is 84.1 Å². The Bertz CT molecular complexity index is 1420. The highest BCUT2D eigenvalue weighted by molar-refractivity contribution is 7.13. The number of anilines is 2. The van der Waals surface area contributed by atoms with Crippen molar-refractivity contribution in [3.63, 3.8) is 0 Å². The third-order valence-corrected chi connectivity index (χ3v) is 3.96. The number of nitrogens with two attached hydrogens (primary N) is 1. The van der Waals surface area contributed by atoms with Crippen LogP contribution in [0.25, 0.3) is 0 Å². The molecule has 0 fully saturated rings. The second kappa shape index (κ2) is 9.98. The molecule has 7 heteroatoms. The Balaban J connectivity index is 1.75. The van der Waals surface area contributed by atoms with Gasteiger partial charge in [0.15, 0.2) is 5.13 Å². The molecule has 0 aliphatic rings. The number of nitrogens with one attached hydrogen (secondary N) is 2. The van der Waals surface area contributed by atoms with Crippen molar-refractivity contribution in [2.24, 2.45) is 0 Å². The van der Waals surface area contributed by atoms with Gasteiger partial charge in [0, 0.05) is 20.3 Å². The summed E-state index contributed by atoms with van der Waals surface area (Å²) in [5.41, 5.74) is 4.04. The van der Waals surface area contributed by atoms with Crippen LogP contribution < -0.4 is 16.4 Å². The van der Waals surface area contributed by atoms with Crippen molar-refractivity contribution in [3.8, 4) is 0 Å². The van der Waals surface area contributed by atoms with E-state index in [2.05, 4.69) is 15.6 Å². The van der Waals surface area contributed by atoms with Crippen molar-refractivity contribution in [3.05, 3.63) is 76.6 Å². The SMILES string of the molecule is [2H]c1sc(N)nc1C([2H])([2H])C(=O)Nc1c([2H])c([2H])c(CCNC[C@@H](O)c2c([2H])c([2H])c([2H])c([2H])c2[2H])c([2H])c1[2H]. The summed E-state index contributed by atoms with van der Waals surface area (Å²) >= 11 is 0.661. The highest BCUT2D eigenvalue weighted by Crippen LogP contribution is 2.14. The maximum atomic E-state index is 12.7. The van der Waals surface area contributed by atoms with Gasteiger partial charge in [-0.05, 0) is 36.2 Å². The summed E-state index contributed by atoms with van der Waals surface area (Å²) in [6, 6.07) is -5.12.